The smallest absolute Gasteiger partial charge is 0.170 e. The highest BCUT2D eigenvalue weighted by Crippen LogP contribution is 2.41. The highest BCUT2D eigenvalue weighted by Gasteiger charge is 2.44. The standard InChI is InChI=1S/C20H29N3OS/c1-2-24-19-10-6-14(7-11-19)21-20(25)22-15-12-17-4-3-5-18(13-15)23(17)16-8-9-16/h6-7,10-11,15-18H,2-5,8-9,12-13H2,1H3,(H2,21,22,25)/t15?,17-,18+. The van der Waals surface area contributed by atoms with Crippen LogP contribution in [0.15, 0.2) is 24.3 Å². The van der Waals surface area contributed by atoms with E-state index in [-0.39, 0.29) is 0 Å². The summed E-state index contributed by atoms with van der Waals surface area (Å²) in [5.41, 5.74) is 1.01. The van der Waals surface area contributed by atoms with Gasteiger partial charge in [0.2, 0.25) is 0 Å². The molecule has 1 aromatic rings. The minimum absolute atomic E-state index is 0.507. The molecule has 25 heavy (non-hydrogen) atoms. The van der Waals surface area contributed by atoms with E-state index in [0.717, 1.165) is 34.7 Å². The SMILES string of the molecule is CCOc1ccc(NC(=S)NC2C[C@H]3CCC[C@@H](C2)N3C2CC2)cc1. The van der Waals surface area contributed by atoms with Gasteiger partial charge in [-0.1, -0.05) is 6.42 Å². The van der Waals surface area contributed by atoms with Crippen LogP contribution in [0.1, 0.15) is 51.9 Å². The molecule has 0 spiro atoms. The molecule has 3 atom stereocenters. The van der Waals surface area contributed by atoms with E-state index in [0.29, 0.717) is 12.6 Å². The van der Waals surface area contributed by atoms with Gasteiger partial charge in [-0.3, -0.25) is 4.90 Å². The van der Waals surface area contributed by atoms with E-state index >= 15 is 0 Å². The van der Waals surface area contributed by atoms with Crippen molar-refractivity contribution < 1.29 is 4.74 Å². The summed E-state index contributed by atoms with van der Waals surface area (Å²) in [6, 6.07) is 10.9. The maximum absolute atomic E-state index is 5.56. The third-order valence-electron chi connectivity index (χ3n) is 5.76. The molecule has 2 saturated heterocycles. The average molecular weight is 360 g/mol. The van der Waals surface area contributed by atoms with Gasteiger partial charge in [-0.2, -0.15) is 0 Å². The number of anilines is 1. The molecule has 4 nitrogen and oxygen atoms in total. The molecule has 1 aliphatic carbocycles. The quantitative estimate of drug-likeness (QED) is 0.780. The first kappa shape index (κ1) is 17.1. The maximum atomic E-state index is 5.56. The number of thiocarbonyl (C=S) groups is 1. The van der Waals surface area contributed by atoms with Crippen molar-refractivity contribution in [3.8, 4) is 5.75 Å². The Morgan fingerprint density at radius 2 is 1.76 bits per heavy atom. The van der Waals surface area contributed by atoms with Crippen LogP contribution < -0.4 is 15.4 Å². The van der Waals surface area contributed by atoms with E-state index in [1.54, 1.807) is 0 Å². The van der Waals surface area contributed by atoms with Crippen molar-refractivity contribution in [2.24, 2.45) is 0 Å². The number of nitrogens with one attached hydrogen (secondary N) is 2. The third-order valence-corrected chi connectivity index (χ3v) is 5.98. The summed E-state index contributed by atoms with van der Waals surface area (Å²) < 4.78 is 5.48. The highest BCUT2D eigenvalue weighted by molar-refractivity contribution is 7.80. The Kier molecular flexibility index (Phi) is 5.13. The normalized spacial score (nSPS) is 29.1. The van der Waals surface area contributed by atoms with Crippen LogP contribution in [-0.2, 0) is 0 Å². The predicted octanol–water partition coefficient (Wildman–Crippen LogP) is 3.92. The largest absolute Gasteiger partial charge is 0.494 e. The fraction of sp³-hybridized carbons (Fsp3) is 0.650. The Balaban J connectivity index is 1.30. The molecular formula is C20H29N3OS. The topological polar surface area (TPSA) is 36.5 Å². The first-order valence-electron chi connectivity index (χ1n) is 9.80. The van der Waals surface area contributed by atoms with Crippen molar-refractivity contribution in [1.29, 1.82) is 0 Å². The lowest BCUT2D eigenvalue weighted by Crippen LogP contribution is -2.57. The minimum Gasteiger partial charge on any atom is -0.494 e. The fourth-order valence-electron chi connectivity index (χ4n) is 4.66. The zero-order valence-corrected chi connectivity index (χ0v) is 15.9. The van der Waals surface area contributed by atoms with Crippen molar-refractivity contribution in [2.45, 2.75) is 76.0 Å². The first-order valence-corrected chi connectivity index (χ1v) is 10.2. The lowest BCUT2D eigenvalue weighted by molar-refractivity contribution is 0.0209. The second-order valence-corrected chi connectivity index (χ2v) is 8.05. The van der Waals surface area contributed by atoms with Gasteiger partial charge in [0.25, 0.3) is 0 Å². The van der Waals surface area contributed by atoms with E-state index < -0.39 is 0 Å². The summed E-state index contributed by atoms with van der Waals surface area (Å²) in [5, 5.41) is 7.64. The van der Waals surface area contributed by atoms with Crippen LogP contribution in [0, 0.1) is 0 Å². The molecule has 3 fully saturated rings. The van der Waals surface area contributed by atoms with Gasteiger partial charge in [-0.25, -0.2) is 0 Å². The molecule has 136 valence electrons. The van der Waals surface area contributed by atoms with Gasteiger partial charge in [0, 0.05) is 29.9 Å². The Labute approximate surface area is 156 Å². The summed E-state index contributed by atoms with van der Waals surface area (Å²) in [7, 11) is 0. The van der Waals surface area contributed by atoms with E-state index in [4.69, 9.17) is 17.0 Å². The Bertz CT molecular complexity index is 587. The van der Waals surface area contributed by atoms with Crippen LogP contribution in [0.2, 0.25) is 0 Å². The molecule has 5 heteroatoms. The number of ether oxygens (including phenoxy) is 1. The minimum atomic E-state index is 0.507. The van der Waals surface area contributed by atoms with E-state index in [2.05, 4.69) is 15.5 Å². The van der Waals surface area contributed by atoms with Crippen LogP contribution in [0.4, 0.5) is 5.69 Å². The Morgan fingerprint density at radius 3 is 2.36 bits per heavy atom. The van der Waals surface area contributed by atoms with Gasteiger partial charge in [-0.15, -0.1) is 0 Å². The summed E-state index contributed by atoms with van der Waals surface area (Å²) >= 11 is 5.56. The molecule has 1 saturated carbocycles. The van der Waals surface area contributed by atoms with Gasteiger partial charge in [0.15, 0.2) is 5.11 Å². The lowest BCUT2D eigenvalue weighted by atomic mass is 9.81. The molecular weight excluding hydrogens is 330 g/mol. The van der Waals surface area contributed by atoms with Crippen molar-refractivity contribution >= 4 is 23.0 Å². The molecule has 0 aromatic heterocycles. The summed E-state index contributed by atoms with van der Waals surface area (Å²) in [6.07, 6.45) is 9.44. The Morgan fingerprint density at radius 1 is 1.08 bits per heavy atom. The predicted molar refractivity (Wildman–Crippen MR) is 106 cm³/mol. The lowest BCUT2D eigenvalue weighted by Gasteiger charge is -2.49. The van der Waals surface area contributed by atoms with Crippen molar-refractivity contribution in [2.75, 3.05) is 11.9 Å². The van der Waals surface area contributed by atoms with Gasteiger partial charge in [0.05, 0.1) is 6.61 Å². The number of benzene rings is 1. The molecule has 3 aliphatic rings. The number of hydrogen-bond donors (Lipinski definition) is 2. The number of fused-ring (bicyclic) bond motifs is 2. The van der Waals surface area contributed by atoms with E-state index in [9.17, 15) is 0 Å². The molecule has 2 bridgehead atoms. The molecule has 4 rings (SSSR count). The van der Waals surface area contributed by atoms with Crippen LogP contribution in [0.3, 0.4) is 0 Å². The number of nitrogens with zero attached hydrogens (tertiary/aromatic N) is 1. The van der Waals surface area contributed by atoms with Crippen LogP contribution in [0.5, 0.6) is 5.75 Å². The second-order valence-electron chi connectivity index (χ2n) is 7.64. The van der Waals surface area contributed by atoms with Crippen molar-refractivity contribution in [1.82, 2.24) is 10.2 Å². The monoisotopic (exact) mass is 359 g/mol. The molecule has 2 N–H and O–H groups in total. The molecule has 2 aliphatic heterocycles. The number of piperidine rings is 2. The van der Waals surface area contributed by atoms with E-state index in [1.165, 1.54) is 44.9 Å². The van der Waals surface area contributed by atoms with Crippen LogP contribution in [0.25, 0.3) is 0 Å². The highest BCUT2D eigenvalue weighted by atomic mass is 32.1. The molecule has 0 radical (unpaired) electrons. The molecule has 1 aromatic carbocycles. The first-order chi connectivity index (χ1) is 12.2. The zero-order chi connectivity index (χ0) is 17.2. The number of rotatable bonds is 5. The van der Waals surface area contributed by atoms with Gasteiger partial charge < -0.3 is 15.4 Å². The summed E-state index contributed by atoms with van der Waals surface area (Å²) in [4.78, 5) is 2.85. The zero-order valence-electron chi connectivity index (χ0n) is 15.0. The molecule has 2 heterocycles. The molecule has 1 unspecified atom stereocenters. The Hall–Kier alpha value is -1.33. The second kappa shape index (κ2) is 7.50. The maximum Gasteiger partial charge on any atom is 0.170 e. The summed E-state index contributed by atoms with van der Waals surface area (Å²) in [5.74, 6) is 0.896. The van der Waals surface area contributed by atoms with E-state index in [1.807, 2.05) is 31.2 Å². The average Bonchev–Trinajstić information content (AvgIpc) is 3.41. The number of hydrogen-bond acceptors (Lipinski definition) is 3. The van der Waals surface area contributed by atoms with Gasteiger partial charge in [-0.05, 0) is 81.9 Å². The van der Waals surface area contributed by atoms with Crippen LogP contribution in [-0.4, -0.2) is 40.8 Å². The third kappa shape index (κ3) is 4.09. The summed E-state index contributed by atoms with van der Waals surface area (Å²) in [6.45, 7) is 2.68. The van der Waals surface area contributed by atoms with Gasteiger partial charge >= 0.3 is 0 Å². The van der Waals surface area contributed by atoms with Gasteiger partial charge in [0.1, 0.15) is 5.75 Å². The fourth-order valence-corrected chi connectivity index (χ4v) is 4.94. The van der Waals surface area contributed by atoms with Crippen molar-refractivity contribution in [3.63, 3.8) is 0 Å². The van der Waals surface area contributed by atoms with Crippen molar-refractivity contribution in [3.05, 3.63) is 24.3 Å². The molecule has 0 amide bonds. The van der Waals surface area contributed by atoms with Crippen LogP contribution >= 0.6 is 12.2 Å².